The molecule has 2 fully saturated rings. The highest BCUT2D eigenvalue weighted by molar-refractivity contribution is 7.85. The van der Waals surface area contributed by atoms with Gasteiger partial charge in [0.15, 0.2) is 0 Å². The minimum absolute atomic E-state index is 0.503. The summed E-state index contributed by atoms with van der Waals surface area (Å²) in [6.45, 7) is 2.32. The molecule has 0 spiro atoms. The van der Waals surface area contributed by atoms with E-state index in [9.17, 15) is 4.21 Å². The minimum Gasteiger partial charge on any atom is -0.317 e. The van der Waals surface area contributed by atoms with E-state index in [4.69, 9.17) is 0 Å². The first-order valence-corrected chi connectivity index (χ1v) is 9.13. The molecule has 2 saturated carbocycles. The monoisotopic (exact) mass is 271 g/mol. The van der Waals surface area contributed by atoms with Crippen LogP contribution >= 0.6 is 0 Å². The van der Waals surface area contributed by atoms with E-state index in [2.05, 4.69) is 19.3 Å². The zero-order valence-corrected chi connectivity index (χ0v) is 12.8. The lowest BCUT2D eigenvalue weighted by atomic mass is 9.91. The van der Waals surface area contributed by atoms with E-state index in [0.717, 1.165) is 17.6 Å². The number of nitrogens with one attached hydrogen (secondary N) is 1. The first kappa shape index (κ1) is 14.5. The van der Waals surface area contributed by atoms with E-state index in [0.29, 0.717) is 11.3 Å². The van der Waals surface area contributed by atoms with Gasteiger partial charge >= 0.3 is 0 Å². The highest BCUT2D eigenvalue weighted by atomic mass is 32.2. The van der Waals surface area contributed by atoms with Gasteiger partial charge in [-0.3, -0.25) is 4.21 Å². The van der Waals surface area contributed by atoms with Crippen LogP contribution in [0.5, 0.6) is 0 Å². The lowest BCUT2D eigenvalue weighted by Crippen LogP contribution is -2.31. The first-order chi connectivity index (χ1) is 8.70. The molecule has 5 unspecified atom stereocenters. The van der Waals surface area contributed by atoms with Crippen LogP contribution < -0.4 is 5.32 Å². The molecule has 0 heterocycles. The fourth-order valence-corrected chi connectivity index (χ4v) is 5.65. The van der Waals surface area contributed by atoms with Gasteiger partial charge in [0, 0.05) is 27.8 Å². The average Bonchev–Trinajstić information content (AvgIpc) is 2.83. The van der Waals surface area contributed by atoms with Crippen molar-refractivity contribution in [2.45, 2.75) is 69.6 Å². The number of hydrogen-bond acceptors (Lipinski definition) is 2. The number of hydrogen-bond donors (Lipinski definition) is 1. The topological polar surface area (TPSA) is 29.1 Å². The zero-order valence-electron chi connectivity index (χ0n) is 12.0. The average molecular weight is 271 g/mol. The molecule has 0 aliphatic heterocycles. The highest BCUT2D eigenvalue weighted by Gasteiger charge is 2.28. The SMILES string of the molecule is CNC1CCCC1CCS(=O)C1CCCC(C)C1. The van der Waals surface area contributed by atoms with Crippen molar-refractivity contribution in [3.8, 4) is 0 Å². The predicted molar refractivity (Wildman–Crippen MR) is 79.2 cm³/mol. The molecule has 3 heteroatoms. The summed E-state index contributed by atoms with van der Waals surface area (Å²) in [6.07, 6.45) is 10.2. The normalized spacial score (nSPS) is 38.8. The van der Waals surface area contributed by atoms with E-state index in [1.54, 1.807) is 0 Å². The third-order valence-electron chi connectivity index (χ3n) is 4.98. The molecule has 2 rings (SSSR count). The maximum absolute atomic E-state index is 12.4. The maximum atomic E-state index is 12.4. The van der Waals surface area contributed by atoms with Gasteiger partial charge in [-0.05, 0) is 51.0 Å². The summed E-state index contributed by atoms with van der Waals surface area (Å²) in [5.41, 5.74) is 0. The second kappa shape index (κ2) is 7.04. The van der Waals surface area contributed by atoms with Crippen LogP contribution in [0.1, 0.15) is 58.3 Å². The van der Waals surface area contributed by atoms with Crippen LogP contribution in [0.4, 0.5) is 0 Å². The van der Waals surface area contributed by atoms with E-state index in [-0.39, 0.29) is 0 Å². The van der Waals surface area contributed by atoms with Crippen molar-refractivity contribution in [1.82, 2.24) is 5.32 Å². The van der Waals surface area contributed by atoms with Gasteiger partial charge in [0.25, 0.3) is 0 Å². The van der Waals surface area contributed by atoms with Crippen LogP contribution in [0.2, 0.25) is 0 Å². The van der Waals surface area contributed by atoms with Gasteiger partial charge in [-0.1, -0.05) is 26.2 Å². The van der Waals surface area contributed by atoms with Gasteiger partial charge in [0.05, 0.1) is 0 Å². The lowest BCUT2D eigenvalue weighted by molar-refractivity contribution is 0.386. The van der Waals surface area contributed by atoms with Gasteiger partial charge in [0.2, 0.25) is 0 Å². The molecular formula is C15H29NOS. The third-order valence-corrected chi connectivity index (χ3v) is 6.79. The molecule has 2 aliphatic carbocycles. The molecule has 1 N–H and O–H groups in total. The quantitative estimate of drug-likeness (QED) is 0.832. The Morgan fingerprint density at radius 1 is 1.17 bits per heavy atom. The molecule has 0 saturated heterocycles. The Morgan fingerprint density at radius 3 is 2.67 bits per heavy atom. The van der Waals surface area contributed by atoms with Crippen molar-refractivity contribution < 1.29 is 4.21 Å². The van der Waals surface area contributed by atoms with Gasteiger partial charge in [-0.15, -0.1) is 0 Å². The summed E-state index contributed by atoms with van der Waals surface area (Å²) in [5, 5.41) is 3.93. The van der Waals surface area contributed by atoms with E-state index < -0.39 is 10.8 Å². The third kappa shape index (κ3) is 3.80. The van der Waals surface area contributed by atoms with Crippen molar-refractivity contribution in [2.75, 3.05) is 12.8 Å². The van der Waals surface area contributed by atoms with Crippen LogP contribution in [0, 0.1) is 11.8 Å². The summed E-state index contributed by atoms with van der Waals surface area (Å²) in [6, 6.07) is 0.687. The Bertz CT molecular complexity index is 282. The first-order valence-electron chi connectivity index (χ1n) is 7.75. The molecular weight excluding hydrogens is 242 g/mol. The Labute approximate surface area is 115 Å². The van der Waals surface area contributed by atoms with Crippen LogP contribution in [-0.2, 0) is 10.8 Å². The van der Waals surface area contributed by atoms with E-state index in [1.165, 1.54) is 51.4 Å². The molecule has 0 aromatic heterocycles. The van der Waals surface area contributed by atoms with Crippen LogP contribution in [-0.4, -0.2) is 28.3 Å². The molecule has 5 atom stereocenters. The second-order valence-electron chi connectivity index (χ2n) is 6.35. The smallest absolute Gasteiger partial charge is 0.0350 e. The van der Waals surface area contributed by atoms with Gasteiger partial charge in [0.1, 0.15) is 0 Å². The molecule has 18 heavy (non-hydrogen) atoms. The fourth-order valence-electron chi connectivity index (χ4n) is 3.81. The van der Waals surface area contributed by atoms with Crippen LogP contribution in [0.15, 0.2) is 0 Å². The fraction of sp³-hybridized carbons (Fsp3) is 1.00. The van der Waals surface area contributed by atoms with Crippen molar-refractivity contribution in [3.05, 3.63) is 0 Å². The molecule has 0 bridgehead atoms. The molecule has 0 radical (unpaired) electrons. The number of rotatable bonds is 5. The van der Waals surface area contributed by atoms with Crippen molar-refractivity contribution in [1.29, 1.82) is 0 Å². The highest BCUT2D eigenvalue weighted by Crippen LogP contribution is 2.31. The van der Waals surface area contributed by atoms with Crippen LogP contribution in [0.25, 0.3) is 0 Å². The van der Waals surface area contributed by atoms with Crippen molar-refractivity contribution in [2.24, 2.45) is 11.8 Å². The van der Waals surface area contributed by atoms with Gasteiger partial charge in [-0.2, -0.15) is 0 Å². The summed E-state index contributed by atoms with van der Waals surface area (Å²) >= 11 is 0. The largest absolute Gasteiger partial charge is 0.317 e. The molecule has 0 aromatic rings. The van der Waals surface area contributed by atoms with Crippen molar-refractivity contribution >= 4 is 10.8 Å². The summed E-state index contributed by atoms with van der Waals surface area (Å²) < 4.78 is 12.4. The summed E-state index contributed by atoms with van der Waals surface area (Å²) in [4.78, 5) is 0. The molecule has 0 amide bonds. The Balaban J connectivity index is 1.74. The Kier molecular flexibility index (Phi) is 5.68. The van der Waals surface area contributed by atoms with Gasteiger partial charge in [-0.25, -0.2) is 0 Å². The lowest BCUT2D eigenvalue weighted by Gasteiger charge is -2.27. The van der Waals surface area contributed by atoms with E-state index >= 15 is 0 Å². The second-order valence-corrected chi connectivity index (χ2v) is 8.19. The molecule has 2 nitrogen and oxygen atoms in total. The molecule has 106 valence electrons. The summed E-state index contributed by atoms with van der Waals surface area (Å²) in [7, 11) is 1.50. The Morgan fingerprint density at radius 2 is 1.94 bits per heavy atom. The predicted octanol–water partition coefficient (Wildman–Crippen LogP) is 3.09. The minimum atomic E-state index is -0.568. The van der Waals surface area contributed by atoms with Crippen LogP contribution in [0.3, 0.4) is 0 Å². The zero-order chi connectivity index (χ0) is 13.0. The molecule has 2 aliphatic rings. The van der Waals surface area contributed by atoms with Crippen molar-refractivity contribution in [3.63, 3.8) is 0 Å². The van der Waals surface area contributed by atoms with E-state index in [1.807, 2.05) is 0 Å². The summed E-state index contributed by atoms with van der Waals surface area (Å²) in [5.74, 6) is 2.52. The standard InChI is InChI=1S/C15H29NOS/c1-12-5-3-7-14(11-12)18(17)10-9-13-6-4-8-15(13)16-2/h12-16H,3-11H2,1-2H3. The van der Waals surface area contributed by atoms with Gasteiger partial charge < -0.3 is 5.32 Å². The molecule has 0 aromatic carbocycles. The Hall–Kier alpha value is 0.110. The maximum Gasteiger partial charge on any atom is 0.0350 e.